The molecule has 1 aliphatic heterocycles. The first kappa shape index (κ1) is 25.7. The molecule has 1 fully saturated rings. The third kappa shape index (κ3) is 7.03. The normalized spacial score (nSPS) is 14.9. The number of carbonyl (C=O) groups is 2. The van der Waals surface area contributed by atoms with Gasteiger partial charge in [0.1, 0.15) is 0 Å². The van der Waals surface area contributed by atoms with Crippen molar-refractivity contribution >= 4 is 22.8 Å². The molecule has 3 rings (SSSR count). The maximum Gasteiger partial charge on any atom is 0.337 e. The monoisotopic (exact) mass is 472 g/mol. The summed E-state index contributed by atoms with van der Waals surface area (Å²) in [5.74, 6) is 0.345. The Morgan fingerprint density at radius 3 is 2.59 bits per heavy atom. The van der Waals surface area contributed by atoms with Crippen molar-refractivity contribution in [2.45, 2.75) is 58.4 Å². The highest BCUT2D eigenvalue weighted by molar-refractivity contribution is 5.93. The predicted molar refractivity (Wildman–Crippen MR) is 131 cm³/mol. The van der Waals surface area contributed by atoms with Crippen molar-refractivity contribution in [2.24, 2.45) is 5.92 Å². The largest absolute Gasteiger partial charge is 0.465 e. The number of aromatic nitrogens is 2. The van der Waals surface area contributed by atoms with E-state index in [9.17, 15) is 19.2 Å². The van der Waals surface area contributed by atoms with E-state index >= 15 is 0 Å². The van der Waals surface area contributed by atoms with Gasteiger partial charge in [-0.05, 0) is 75.9 Å². The van der Waals surface area contributed by atoms with Gasteiger partial charge in [0.25, 0.3) is 5.56 Å². The number of rotatable bonds is 11. The molecule has 0 radical (unpaired) electrons. The van der Waals surface area contributed by atoms with Crippen molar-refractivity contribution in [1.29, 1.82) is 0 Å². The number of hydrogen-bond donors (Lipinski definition) is 2. The molecule has 1 saturated heterocycles. The van der Waals surface area contributed by atoms with Gasteiger partial charge in [0.05, 0.1) is 23.6 Å². The highest BCUT2D eigenvalue weighted by atomic mass is 16.5. The minimum atomic E-state index is -0.535. The van der Waals surface area contributed by atoms with Crippen molar-refractivity contribution < 1.29 is 14.3 Å². The number of H-pyrrole nitrogens is 1. The molecule has 0 atom stereocenters. The highest BCUT2D eigenvalue weighted by Crippen LogP contribution is 2.15. The lowest BCUT2D eigenvalue weighted by Crippen LogP contribution is -2.35. The number of nitrogens with one attached hydrogen (secondary N) is 2. The number of nitrogens with zero attached hydrogens (tertiary/aromatic N) is 2. The van der Waals surface area contributed by atoms with Crippen molar-refractivity contribution in [2.75, 3.05) is 33.3 Å². The first-order valence-corrected chi connectivity index (χ1v) is 12.2. The van der Waals surface area contributed by atoms with Gasteiger partial charge < -0.3 is 19.9 Å². The summed E-state index contributed by atoms with van der Waals surface area (Å²) in [6, 6.07) is 4.47. The van der Waals surface area contributed by atoms with E-state index in [1.807, 2.05) is 0 Å². The Bertz CT molecular complexity index is 1100. The summed E-state index contributed by atoms with van der Waals surface area (Å²) in [6.07, 6.45) is 6.01. The van der Waals surface area contributed by atoms with E-state index in [0.717, 1.165) is 38.4 Å². The van der Waals surface area contributed by atoms with Gasteiger partial charge in [-0.3, -0.25) is 14.2 Å². The molecule has 0 saturated carbocycles. The number of esters is 1. The Balaban J connectivity index is 1.37. The summed E-state index contributed by atoms with van der Waals surface area (Å²) < 4.78 is 5.84. The predicted octanol–water partition coefficient (Wildman–Crippen LogP) is 2.28. The van der Waals surface area contributed by atoms with E-state index < -0.39 is 17.2 Å². The highest BCUT2D eigenvalue weighted by Gasteiger charge is 2.15. The number of fused-ring (bicyclic) bond motifs is 1. The first-order valence-electron chi connectivity index (χ1n) is 12.2. The van der Waals surface area contributed by atoms with Crippen LogP contribution in [0.3, 0.4) is 0 Å². The Morgan fingerprint density at radius 1 is 1.09 bits per heavy atom. The van der Waals surface area contributed by atoms with Crippen LogP contribution in [-0.2, 0) is 16.1 Å². The number of ether oxygens (including phenoxy) is 1. The Labute approximate surface area is 199 Å². The first-order chi connectivity index (χ1) is 16.4. The van der Waals surface area contributed by atoms with Gasteiger partial charge in [-0.25, -0.2) is 9.59 Å². The summed E-state index contributed by atoms with van der Waals surface area (Å²) in [6.45, 7) is 6.63. The van der Waals surface area contributed by atoms with Gasteiger partial charge in [-0.1, -0.05) is 13.3 Å². The average molecular weight is 473 g/mol. The van der Waals surface area contributed by atoms with Gasteiger partial charge in [0, 0.05) is 19.5 Å². The van der Waals surface area contributed by atoms with Crippen LogP contribution in [0.5, 0.6) is 0 Å². The van der Waals surface area contributed by atoms with E-state index in [1.165, 1.54) is 42.7 Å². The summed E-state index contributed by atoms with van der Waals surface area (Å²) in [4.78, 5) is 53.9. The minimum Gasteiger partial charge on any atom is -0.465 e. The third-order valence-corrected chi connectivity index (χ3v) is 6.54. The topological polar surface area (TPSA) is 114 Å². The SMILES string of the molecule is COC(=O)c1ccc2c(=O)n(CCCCCC(=O)NCCCN3CCC(C)CC3)c(=O)[nH]c2c1. The summed E-state index contributed by atoms with van der Waals surface area (Å²) in [5.41, 5.74) is -0.334. The number of unbranched alkanes of at least 4 members (excludes halogenated alkanes) is 2. The average Bonchev–Trinajstić information content (AvgIpc) is 2.83. The molecule has 34 heavy (non-hydrogen) atoms. The molecule has 0 unspecified atom stereocenters. The lowest BCUT2D eigenvalue weighted by atomic mass is 9.99. The summed E-state index contributed by atoms with van der Waals surface area (Å²) >= 11 is 0. The molecule has 9 nitrogen and oxygen atoms in total. The molecule has 0 bridgehead atoms. The second kappa shape index (κ2) is 12.5. The molecular formula is C25H36N4O5. The molecule has 1 aromatic carbocycles. The second-order valence-electron chi connectivity index (χ2n) is 9.18. The van der Waals surface area contributed by atoms with Gasteiger partial charge in [-0.15, -0.1) is 0 Å². The smallest absolute Gasteiger partial charge is 0.337 e. The van der Waals surface area contributed by atoms with Crippen molar-refractivity contribution in [3.8, 4) is 0 Å². The van der Waals surface area contributed by atoms with Crippen molar-refractivity contribution in [3.63, 3.8) is 0 Å². The van der Waals surface area contributed by atoms with Crippen LogP contribution in [0.4, 0.5) is 0 Å². The minimum absolute atomic E-state index is 0.0504. The zero-order valence-corrected chi connectivity index (χ0v) is 20.2. The molecule has 9 heteroatoms. The molecule has 2 aromatic rings. The molecule has 0 spiro atoms. The lowest BCUT2D eigenvalue weighted by molar-refractivity contribution is -0.121. The van der Waals surface area contributed by atoms with Crippen LogP contribution in [0.1, 0.15) is 62.2 Å². The van der Waals surface area contributed by atoms with Gasteiger partial charge >= 0.3 is 11.7 Å². The number of likely N-dealkylation sites (tertiary alicyclic amines) is 1. The molecular weight excluding hydrogens is 436 g/mol. The number of piperidine rings is 1. The van der Waals surface area contributed by atoms with Gasteiger partial charge in [0.2, 0.25) is 5.91 Å². The van der Waals surface area contributed by atoms with Crippen LogP contribution in [0, 0.1) is 5.92 Å². The molecule has 2 heterocycles. The third-order valence-electron chi connectivity index (χ3n) is 6.54. The maximum atomic E-state index is 12.7. The molecule has 186 valence electrons. The summed E-state index contributed by atoms with van der Waals surface area (Å²) in [7, 11) is 1.27. The molecule has 1 amide bonds. The molecule has 2 N–H and O–H groups in total. The number of amides is 1. The van der Waals surface area contributed by atoms with Crippen LogP contribution in [0.2, 0.25) is 0 Å². The quantitative estimate of drug-likeness (QED) is 0.383. The standard InChI is InChI=1S/C25H36N4O5/c1-18-10-15-28(16-11-18)13-6-12-26-22(30)7-4-3-5-14-29-23(31)20-9-8-19(24(32)34-2)17-21(20)27-25(29)33/h8-9,17-18H,3-7,10-16H2,1-2H3,(H,26,30)(H,27,33). The number of methoxy groups -OCH3 is 1. The zero-order valence-electron chi connectivity index (χ0n) is 20.2. The van der Waals surface area contributed by atoms with Gasteiger partial charge in [-0.2, -0.15) is 0 Å². The van der Waals surface area contributed by atoms with E-state index in [-0.39, 0.29) is 18.0 Å². The van der Waals surface area contributed by atoms with E-state index in [1.54, 1.807) is 0 Å². The van der Waals surface area contributed by atoms with Crippen LogP contribution in [-0.4, -0.2) is 59.6 Å². The van der Waals surface area contributed by atoms with E-state index in [2.05, 4.69) is 26.9 Å². The fraction of sp³-hybridized carbons (Fsp3) is 0.600. The van der Waals surface area contributed by atoms with E-state index in [4.69, 9.17) is 0 Å². The fourth-order valence-electron chi connectivity index (χ4n) is 4.34. The zero-order chi connectivity index (χ0) is 24.5. The van der Waals surface area contributed by atoms with Crippen LogP contribution in [0.25, 0.3) is 10.9 Å². The number of hydrogen-bond acceptors (Lipinski definition) is 6. The van der Waals surface area contributed by atoms with Crippen molar-refractivity contribution in [3.05, 3.63) is 44.6 Å². The van der Waals surface area contributed by atoms with E-state index in [0.29, 0.717) is 36.7 Å². The van der Waals surface area contributed by atoms with Crippen LogP contribution < -0.4 is 16.6 Å². The maximum absolute atomic E-state index is 12.7. The van der Waals surface area contributed by atoms with Gasteiger partial charge in [0.15, 0.2) is 0 Å². The fourth-order valence-corrected chi connectivity index (χ4v) is 4.34. The second-order valence-corrected chi connectivity index (χ2v) is 9.18. The Kier molecular flexibility index (Phi) is 9.44. The molecule has 1 aliphatic rings. The molecule has 1 aromatic heterocycles. The summed E-state index contributed by atoms with van der Waals surface area (Å²) in [5, 5.41) is 3.32. The Morgan fingerprint density at radius 2 is 1.85 bits per heavy atom. The lowest BCUT2D eigenvalue weighted by Gasteiger charge is -2.30. The molecule has 0 aliphatic carbocycles. The van der Waals surface area contributed by atoms with Crippen LogP contribution in [0.15, 0.2) is 27.8 Å². The Hall–Kier alpha value is -2.94. The van der Waals surface area contributed by atoms with Crippen molar-refractivity contribution in [1.82, 2.24) is 19.8 Å². The van der Waals surface area contributed by atoms with Crippen LogP contribution >= 0.6 is 0 Å². The number of carbonyl (C=O) groups excluding carboxylic acids is 2. The number of benzene rings is 1. The number of aromatic amines is 1.